The molecule has 8 heteroatoms. The summed E-state index contributed by atoms with van der Waals surface area (Å²) in [4.78, 5) is 25.6. The molecular weight excluding hydrogens is 296 g/mol. The lowest BCUT2D eigenvalue weighted by Crippen LogP contribution is -2.45. The first-order valence-electron chi connectivity index (χ1n) is 7.32. The lowest BCUT2D eigenvalue weighted by atomic mass is 9.99. The maximum atomic E-state index is 12.5. The molecule has 6 nitrogen and oxygen atoms in total. The summed E-state index contributed by atoms with van der Waals surface area (Å²) in [6, 6.07) is 1.00. The molecule has 1 aliphatic rings. The Morgan fingerprint density at radius 2 is 2.23 bits per heavy atom. The normalized spacial score (nSPS) is 18.5. The van der Waals surface area contributed by atoms with Gasteiger partial charge in [0.05, 0.1) is 13.0 Å². The molecule has 1 saturated heterocycles. The Morgan fingerprint density at radius 1 is 1.45 bits per heavy atom. The molecule has 0 aromatic carbocycles. The van der Waals surface area contributed by atoms with Crippen molar-refractivity contribution in [1.82, 2.24) is 14.7 Å². The molecule has 0 radical (unpaired) electrons. The number of aromatic nitrogens is 2. The summed E-state index contributed by atoms with van der Waals surface area (Å²) < 4.78 is 30.4. The predicted molar refractivity (Wildman–Crippen MR) is 73.4 cm³/mol. The van der Waals surface area contributed by atoms with Crippen molar-refractivity contribution < 1.29 is 23.1 Å². The summed E-state index contributed by atoms with van der Waals surface area (Å²) in [7, 11) is 0. The number of carbonyl (C=O) groups excluding carboxylic acids is 2. The minimum absolute atomic E-state index is 0.0314. The molecule has 2 heterocycles. The van der Waals surface area contributed by atoms with Gasteiger partial charge in [-0.1, -0.05) is 0 Å². The molecular formula is C14H19F2N3O3. The van der Waals surface area contributed by atoms with E-state index in [9.17, 15) is 18.4 Å². The van der Waals surface area contributed by atoms with Crippen LogP contribution in [0.2, 0.25) is 0 Å². The van der Waals surface area contributed by atoms with Crippen LogP contribution in [0.25, 0.3) is 0 Å². The molecule has 1 aromatic rings. The Balaban J connectivity index is 2.08. The van der Waals surface area contributed by atoms with Crippen molar-refractivity contribution in [3.8, 4) is 0 Å². The van der Waals surface area contributed by atoms with E-state index in [4.69, 9.17) is 4.74 Å². The van der Waals surface area contributed by atoms with Gasteiger partial charge in [-0.15, -0.1) is 0 Å². The van der Waals surface area contributed by atoms with Gasteiger partial charge in [-0.2, -0.15) is 13.9 Å². The van der Waals surface area contributed by atoms with Gasteiger partial charge in [0.15, 0.2) is 5.69 Å². The Bertz CT molecular complexity index is 533. The number of likely N-dealkylation sites (tertiary alicyclic amines) is 1. The molecule has 1 aliphatic heterocycles. The van der Waals surface area contributed by atoms with Gasteiger partial charge < -0.3 is 9.64 Å². The standard InChI is InChI=1S/C14H19F2N3O3/c1-2-22-12(20)9-10-5-3-4-7-18(10)13(21)11-6-8-19(17-11)14(15)16/h6,8,10,14H,2-5,7,9H2,1H3/t10-/m0/s1. The molecule has 0 saturated carbocycles. The summed E-state index contributed by atoms with van der Waals surface area (Å²) in [5.41, 5.74) is -0.0314. The van der Waals surface area contributed by atoms with Crippen molar-refractivity contribution in [2.24, 2.45) is 0 Å². The van der Waals surface area contributed by atoms with E-state index in [1.165, 1.54) is 6.07 Å². The molecule has 22 heavy (non-hydrogen) atoms. The molecule has 2 rings (SSSR count). The van der Waals surface area contributed by atoms with Gasteiger partial charge in [-0.25, -0.2) is 4.68 Å². The van der Waals surface area contributed by atoms with E-state index in [1.807, 2.05) is 0 Å². The third-order valence-electron chi connectivity index (χ3n) is 3.62. The van der Waals surface area contributed by atoms with Crippen LogP contribution in [0.5, 0.6) is 0 Å². The highest BCUT2D eigenvalue weighted by atomic mass is 19.3. The van der Waals surface area contributed by atoms with Crippen molar-refractivity contribution in [3.05, 3.63) is 18.0 Å². The molecule has 1 aromatic heterocycles. The van der Waals surface area contributed by atoms with Crippen LogP contribution in [0.1, 0.15) is 49.6 Å². The molecule has 0 spiro atoms. The molecule has 122 valence electrons. The quantitative estimate of drug-likeness (QED) is 0.782. The van der Waals surface area contributed by atoms with E-state index in [0.29, 0.717) is 17.6 Å². The first-order chi connectivity index (χ1) is 10.5. The van der Waals surface area contributed by atoms with E-state index in [2.05, 4.69) is 5.10 Å². The van der Waals surface area contributed by atoms with Gasteiger partial charge in [-0.05, 0) is 32.3 Å². The second kappa shape index (κ2) is 7.33. The minimum Gasteiger partial charge on any atom is -0.466 e. The Hall–Kier alpha value is -1.99. The lowest BCUT2D eigenvalue weighted by molar-refractivity contribution is -0.144. The average molecular weight is 315 g/mol. The van der Waals surface area contributed by atoms with Crippen molar-refractivity contribution in [3.63, 3.8) is 0 Å². The Labute approximate surface area is 127 Å². The molecule has 1 fully saturated rings. The summed E-state index contributed by atoms with van der Waals surface area (Å²) in [6.07, 6.45) is 3.62. The van der Waals surface area contributed by atoms with Gasteiger partial charge in [0.1, 0.15) is 0 Å². The zero-order valence-corrected chi connectivity index (χ0v) is 12.4. The number of halogens is 2. The molecule has 0 aliphatic carbocycles. The van der Waals surface area contributed by atoms with Crippen molar-refractivity contribution in [2.75, 3.05) is 13.2 Å². The number of nitrogens with zero attached hydrogens (tertiary/aromatic N) is 3. The fraction of sp³-hybridized carbons (Fsp3) is 0.643. The third-order valence-corrected chi connectivity index (χ3v) is 3.62. The van der Waals surface area contributed by atoms with E-state index >= 15 is 0 Å². The SMILES string of the molecule is CCOC(=O)C[C@@H]1CCCCN1C(=O)c1ccn(C(F)F)n1. The summed E-state index contributed by atoms with van der Waals surface area (Å²) >= 11 is 0. The molecule has 0 N–H and O–H groups in total. The first-order valence-corrected chi connectivity index (χ1v) is 7.32. The van der Waals surface area contributed by atoms with E-state index in [-0.39, 0.29) is 30.7 Å². The van der Waals surface area contributed by atoms with Crippen LogP contribution in [0.15, 0.2) is 12.3 Å². The minimum atomic E-state index is -2.78. The van der Waals surface area contributed by atoms with E-state index < -0.39 is 12.5 Å². The first kappa shape index (κ1) is 16.4. The maximum Gasteiger partial charge on any atom is 0.333 e. The van der Waals surface area contributed by atoms with Gasteiger partial charge in [0.2, 0.25) is 0 Å². The van der Waals surface area contributed by atoms with Crippen LogP contribution >= 0.6 is 0 Å². The summed E-state index contributed by atoms with van der Waals surface area (Å²) in [6.45, 7) is -0.278. The van der Waals surface area contributed by atoms with Crippen LogP contribution in [0.4, 0.5) is 8.78 Å². The van der Waals surface area contributed by atoms with Crippen LogP contribution in [0.3, 0.4) is 0 Å². The fourth-order valence-electron chi connectivity index (χ4n) is 2.60. The Morgan fingerprint density at radius 3 is 2.86 bits per heavy atom. The highest BCUT2D eigenvalue weighted by Gasteiger charge is 2.30. The van der Waals surface area contributed by atoms with Gasteiger partial charge in [-0.3, -0.25) is 9.59 Å². The number of piperidine rings is 1. The largest absolute Gasteiger partial charge is 0.466 e. The van der Waals surface area contributed by atoms with Crippen LogP contribution < -0.4 is 0 Å². The smallest absolute Gasteiger partial charge is 0.333 e. The number of hydrogen-bond donors (Lipinski definition) is 0. The molecule has 0 bridgehead atoms. The number of rotatable bonds is 5. The lowest BCUT2D eigenvalue weighted by Gasteiger charge is -2.34. The Kier molecular flexibility index (Phi) is 5.46. The molecule has 0 unspecified atom stereocenters. The summed E-state index contributed by atoms with van der Waals surface area (Å²) in [5.74, 6) is -0.779. The maximum absolute atomic E-state index is 12.5. The number of hydrogen-bond acceptors (Lipinski definition) is 4. The van der Waals surface area contributed by atoms with Crippen molar-refractivity contribution >= 4 is 11.9 Å². The van der Waals surface area contributed by atoms with Gasteiger partial charge >= 0.3 is 12.5 Å². The zero-order valence-electron chi connectivity index (χ0n) is 12.4. The second-order valence-corrected chi connectivity index (χ2v) is 5.12. The van der Waals surface area contributed by atoms with E-state index in [0.717, 1.165) is 19.0 Å². The number of carbonyl (C=O) groups is 2. The van der Waals surface area contributed by atoms with Crippen molar-refractivity contribution in [1.29, 1.82) is 0 Å². The van der Waals surface area contributed by atoms with Gasteiger partial charge in [0, 0.05) is 18.8 Å². The van der Waals surface area contributed by atoms with E-state index in [1.54, 1.807) is 11.8 Å². The number of esters is 1. The number of alkyl halides is 2. The summed E-state index contributed by atoms with van der Waals surface area (Å²) in [5, 5.41) is 3.59. The topological polar surface area (TPSA) is 64.4 Å². The number of amides is 1. The number of ether oxygens (including phenoxy) is 1. The second-order valence-electron chi connectivity index (χ2n) is 5.12. The van der Waals surface area contributed by atoms with Gasteiger partial charge in [0.25, 0.3) is 5.91 Å². The average Bonchev–Trinajstić information content (AvgIpc) is 2.97. The van der Waals surface area contributed by atoms with Crippen LogP contribution in [-0.4, -0.2) is 45.8 Å². The fourth-order valence-corrected chi connectivity index (χ4v) is 2.60. The monoisotopic (exact) mass is 315 g/mol. The zero-order chi connectivity index (χ0) is 16.1. The highest BCUT2D eigenvalue weighted by Crippen LogP contribution is 2.22. The predicted octanol–water partition coefficient (Wildman–Crippen LogP) is 2.23. The van der Waals surface area contributed by atoms with Crippen LogP contribution in [-0.2, 0) is 9.53 Å². The van der Waals surface area contributed by atoms with Crippen LogP contribution in [0, 0.1) is 0 Å². The van der Waals surface area contributed by atoms with Crippen molar-refractivity contribution in [2.45, 2.75) is 45.2 Å². The molecule has 1 amide bonds. The molecule has 1 atom stereocenters. The third kappa shape index (κ3) is 3.80. The highest BCUT2D eigenvalue weighted by molar-refractivity contribution is 5.92.